The molecule has 178 valence electrons. The zero-order valence-electron chi connectivity index (χ0n) is 20.0. The van der Waals surface area contributed by atoms with Gasteiger partial charge in [0.1, 0.15) is 0 Å². The van der Waals surface area contributed by atoms with Crippen LogP contribution < -0.4 is 5.73 Å². The molecule has 0 heterocycles. The summed E-state index contributed by atoms with van der Waals surface area (Å²) in [5, 5.41) is 0. The lowest BCUT2D eigenvalue weighted by Crippen LogP contribution is -2.44. The zero-order valence-corrected chi connectivity index (χ0v) is 21.0. The fraction of sp³-hybridized carbons (Fsp3) is 0.810. The molecule has 0 aliphatic rings. The third-order valence-electron chi connectivity index (χ3n) is 4.43. The first-order valence-corrected chi connectivity index (χ1v) is 12.5. The molecule has 8 nitrogen and oxygen atoms in total. The molecule has 0 spiro atoms. The van der Waals surface area contributed by atoms with E-state index in [1.807, 2.05) is 13.8 Å². The van der Waals surface area contributed by atoms with Crippen LogP contribution in [0, 0.1) is 5.41 Å². The zero-order chi connectivity index (χ0) is 23.5. The van der Waals surface area contributed by atoms with Gasteiger partial charge in [0.2, 0.25) is 0 Å². The van der Waals surface area contributed by atoms with E-state index in [1.165, 1.54) is 0 Å². The van der Waals surface area contributed by atoms with Crippen LogP contribution in [0.5, 0.6) is 0 Å². The van der Waals surface area contributed by atoms with Crippen LogP contribution in [0.3, 0.4) is 0 Å². The average Bonchev–Trinajstić information content (AvgIpc) is 2.74. The molecule has 2 N–H and O–H groups in total. The predicted octanol–water partition coefficient (Wildman–Crippen LogP) is 3.47. The van der Waals surface area contributed by atoms with Gasteiger partial charge in [0.25, 0.3) is 0 Å². The molecule has 30 heavy (non-hydrogen) atoms. The van der Waals surface area contributed by atoms with Crippen molar-refractivity contribution in [1.29, 1.82) is 0 Å². The van der Waals surface area contributed by atoms with Crippen molar-refractivity contribution in [1.82, 2.24) is 0 Å². The van der Waals surface area contributed by atoms with E-state index in [1.54, 1.807) is 21.3 Å². The number of hydrogen-bond donors (Lipinski definition) is 1. The van der Waals surface area contributed by atoms with E-state index in [0.29, 0.717) is 19.8 Å². The second kappa shape index (κ2) is 18.5. The number of carbonyl (C=O) groups excluding carboxylic acids is 2. The van der Waals surface area contributed by atoms with Crippen LogP contribution in [-0.4, -0.2) is 61.8 Å². The van der Waals surface area contributed by atoms with Crippen LogP contribution in [0.1, 0.15) is 59.8 Å². The van der Waals surface area contributed by atoms with Crippen molar-refractivity contribution in [3.05, 3.63) is 12.2 Å². The Balaban J connectivity index is 0. The van der Waals surface area contributed by atoms with Gasteiger partial charge in [-0.05, 0) is 31.2 Å². The monoisotopic (exact) mass is 449 g/mol. The van der Waals surface area contributed by atoms with Gasteiger partial charge in [-0.2, -0.15) is 0 Å². The lowest BCUT2D eigenvalue weighted by atomic mass is 9.91. The van der Waals surface area contributed by atoms with E-state index in [2.05, 4.69) is 13.8 Å². The summed E-state index contributed by atoms with van der Waals surface area (Å²) in [6.07, 6.45) is 6.76. The molecule has 0 atom stereocenters. The standard InChI is InChI=1S/C12H20O4.C9H23NO3Si/c1-3-5-9-15-11(13)7-8-12(14)16-10-6-4-2;1-9(2,8-10)6-7-14(11-3,12-4)13-5/h7-8H,3-6,9-10H2,1-2H3;6-8,10H2,1-5H3. The normalized spacial score (nSPS) is 11.7. The summed E-state index contributed by atoms with van der Waals surface area (Å²) in [5.74, 6) is -0.998. The number of hydrogen-bond acceptors (Lipinski definition) is 8. The second-order valence-electron chi connectivity index (χ2n) is 7.54. The van der Waals surface area contributed by atoms with Gasteiger partial charge in [-0.3, -0.25) is 0 Å². The van der Waals surface area contributed by atoms with Crippen LogP contribution in [0.25, 0.3) is 0 Å². The van der Waals surface area contributed by atoms with Gasteiger partial charge in [-0.25, -0.2) is 9.59 Å². The molecule has 9 heteroatoms. The van der Waals surface area contributed by atoms with Crippen molar-refractivity contribution in [2.24, 2.45) is 11.1 Å². The van der Waals surface area contributed by atoms with Gasteiger partial charge >= 0.3 is 20.7 Å². The van der Waals surface area contributed by atoms with E-state index in [0.717, 1.165) is 50.3 Å². The minimum Gasteiger partial charge on any atom is -0.463 e. The maximum absolute atomic E-state index is 11.0. The highest BCUT2D eigenvalue weighted by molar-refractivity contribution is 6.60. The summed E-state index contributed by atoms with van der Waals surface area (Å²) in [4.78, 5) is 22.1. The van der Waals surface area contributed by atoms with E-state index in [4.69, 9.17) is 28.5 Å². The molecular weight excluding hydrogens is 406 g/mol. The number of unbranched alkanes of at least 4 members (excludes halogenated alkanes) is 2. The molecule has 0 fully saturated rings. The quantitative estimate of drug-likeness (QED) is 0.175. The molecule has 0 aromatic heterocycles. The topological polar surface area (TPSA) is 106 Å². The molecule has 0 aromatic carbocycles. The van der Waals surface area contributed by atoms with Gasteiger partial charge in [-0.1, -0.05) is 40.5 Å². The number of carbonyl (C=O) groups is 2. The summed E-state index contributed by atoms with van der Waals surface area (Å²) in [5.41, 5.74) is 5.77. The minimum atomic E-state index is -2.40. The molecular formula is C21H43NO7Si. The van der Waals surface area contributed by atoms with Gasteiger partial charge < -0.3 is 28.5 Å². The Morgan fingerprint density at radius 1 is 0.867 bits per heavy atom. The van der Waals surface area contributed by atoms with Crippen molar-refractivity contribution in [2.45, 2.75) is 65.8 Å². The summed E-state index contributed by atoms with van der Waals surface area (Å²) in [6.45, 7) is 9.73. The maximum Gasteiger partial charge on any atom is 0.500 e. The first kappa shape index (κ1) is 30.9. The van der Waals surface area contributed by atoms with Crippen molar-refractivity contribution in [3.63, 3.8) is 0 Å². The Bertz CT molecular complexity index is 448. The van der Waals surface area contributed by atoms with Gasteiger partial charge in [0, 0.05) is 39.5 Å². The number of esters is 2. The first-order valence-electron chi connectivity index (χ1n) is 10.5. The third kappa shape index (κ3) is 16.5. The highest BCUT2D eigenvalue weighted by Gasteiger charge is 2.38. The van der Waals surface area contributed by atoms with Gasteiger partial charge in [0.05, 0.1) is 13.2 Å². The predicted molar refractivity (Wildman–Crippen MR) is 120 cm³/mol. The highest BCUT2D eigenvalue weighted by atomic mass is 28.4. The lowest BCUT2D eigenvalue weighted by molar-refractivity contribution is -0.140. The van der Waals surface area contributed by atoms with E-state index in [9.17, 15) is 9.59 Å². The average molecular weight is 450 g/mol. The van der Waals surface area contributed by atoms with Crippen molar-refractivity contribution in [3.8, 4) is 0 Å². The Morgan fingerprint density at radius 2 is 1.27 bits per heavy atom. The molecule has 0 amide bonds. The van der Waals surface area contributed by atoms with E-state index in [-0.39, 0.29) is 5.41 Å². The fourth-order valence-electron chi connectivity index (χ4n) is 2.02. The molecule has 0 aromatic rings. The molecule has 0 rings (SSSR count). The van der Waals surface area contributed by atoms with Crippen molar-refractivity contribution in [2.75, 3.05) is 41.1 Å². The van der Waals surface area contributed by atoms with Gasteiger partial charge in [-0.15, -0.1) is 0 Å². The Morgan fingerprint density at radius 3 is 1.57 bits per heavy atom. The Hall–Kier alpha value is -1.26. The molecule has 0 saturated heterocycles. The molecule has 0 saturated carbocycles. The van der Waals surface area contributed by atoms with Crippen LogP contribution in [0.2, 0.25) is 6.04 Å². The SMILES string of the molecule is CCCCOC(=O)C=CC(=O)OCCCC.CO[Si](CCC(C)(C)CN)(OC)OC. The Kier molecular flexibility index (Phi) is 19.1. The van der Waals surface area contributed by atoms with Gasteiger partial charge in [0.15, 0.2) is 0 Å². The molecule has 0 unspecified atom stereocenters. The third-order valence-corrected chi connectivity index (χ3v) is 7.16. The van der Waals surface area contributed by atoms with Crippen LogP contribution in [0.15, 0.2) is 12.2 Å². The van der Waals surface area contributed by atoms with Crippen LogP contribution in [-0.2, 0) is 32.3 Å². The Labute approximate surface area is 183 Å². The summed E-state index contributed by atoms with van der Waals surface area (Å²) >= 11 is 0. The number of nitrogens with two attached hydrogens (primary N) is 1. The van der Waals surface area contributed by atoms with Crippen molar-refractivity contribution < 1.29 is 32.3 Å². The summed E-state index contributed by atoms with van der Waals surface area (Å²) in [6, 6.07) is 0.806. The second-order valence-corrected chi connectivity index (χ2v) is 10.6. The summed E-state index contributed by atoms with van der Waals surface area (Å²) in [7, 11) is 2.50. The minimum absolute atomic E-state index is 0.119. The van der Waals surface area contributed by atoms with Crippen molar-refractivity contribution >= 4 is 20.7 Å². The highest BCUT2D eigenvalue weighted by Crippen LogP contribution is 2.26. The molecule has 0 radical (unpaired) electrons. The van der Waals surface area contributed by atoms with E-state index < -0.39 is 20.7 Å². The van der Waals surface area contributed by atoms with Crippen LogP contribution >= 0.6 is 0 Å². The number of ether oxygens (including phenoxy) is 2. The van der Waals surface area contributed by atoms with Crippen LogP contribution in [0.4, 0.5) is 0 Å². The van der Waals surface area contributed by atoms with E-state index >= 15 is 0 Å². The summed E-state index contributed by atoms with van der Waals surface area (Å²) < 4.78 is 25.6. The first-order chi connectivity index (χ1) is 14.2. The largest absolute Gasteiger partial charge is 0.500 e. The smallest absolute Gasteiger partial charge is 0.463 e. The molecule has 0 aliphatic heterocycles. The molecule has 0 bridgehead atoms. The number of rotatable bonds is 15. The maximum atomic E-state index is 11.0. The lowest BCUT2D eigenvalue weighted by Gasteiger charge is -2.29. The fourth-order valence-corrected chi connectivity index (χ4v) is 4.11. The molecule has 0 aliphatic carbocycles.